The van der Waals surface area contributed by atoms with Crippen molar-refractivity contribution in [1.82, 2.24) is 0 Å². The summed E-state index contributed by atoms with van der Waals surface area (Å²) in [5.41, 5.74) is 2.63. The van der Waals surface area contributed by atoms with Crippen LogP contribution in [-0.4, -0.2) is 11.6 Å². The topological polar surface area (TPSA) is 57.9 Å². The van der Waals surface area contributed by atoms with Gasteiger partial charge in [0.2, 0.25) is 0 Å². The van der Waals surface area contributed by atoms with Crippen LogP contribution in [0.2, 0.25) is 0 Å². The SMILES string of the molecule is Cc1cc2c(cc1C)C(=O)[C-](C#N)C2=O.[Na+]. The Morgan fingerprint density at radius 2 is 1.44 bits per heavy atom. The molecule has 2 rings (SSSR count). The third-order valence-electron chi connectivity index (χ3n) is 2.69. The van der Waals surface area contributed by atoms with Crippen LogP contribution in [0.3, 0.4) is 0 Å². The van der Waals surface area contributed by atoms with Crippen molar-refractivity contribution in [2.24, 2.45) is 0 Å². The second kappa shape index (κ2) is 4.42. The Kier molecular flexibility index (Phi) is 3.59. The Labute approximate surface area is 116 Å². The van der Waals surface area contributed by atoms with Crippen molar-refractivity contribution in [2.75, 3.05) is 0 Å². The zero-order valence-corrected chi connectivity index (χ0v) is 11.4. The molecular formula is C12H8NNaO2. The minimum absolute atomic E-state index is 0. The molecule has 3 nitrogen and oxygen atoms in total. The molecule has 4 heteroatoms. The van der Waals surface area contributed by atoms with Crippen LogP contribution in [0.1, 0.15) is 31.8 Å². The molecule has 0 unspecified atom stereocenters. The smallest absolute Gasteiger partial charge is 0.318 e. The van der Waals surface area contributed by atoms with Crippen molar-refractivity contribution >= 4 is 11.6 Å². The van der Waals surface area contributed by atoms with Gasteiger partial charge in [-0.25, -0.2) is 5.26 Å². The van der Waals surface area contributed by atoms with Gasteiger partial charge < -0.3 is 9.59 Å². The van der Waals surface area contributed by atoms with Crippen molar-refractivity contribution in [2.45, 2.75) is 13.8 Å². The van der Waals surface area contributed by atoms with Crippen LogP contribution < -0.4 is 29.6 Å². The molecule has 1 aromatic carbocycles. The summed E-state index contributed by atoms with van der Waals surface area (Å²) in [6.07, 6.45) is 0. The number of carbonyl (C=O) groups excluding carboxylic acids is 2. The molecule has 0 saturated heterocycles. The first kappa shape index (κ1) is 13.0. The largest absolute Gasteiger partial charge is 1.00 e. The summed E-state index contributed by atoms with van der Waals surface area (Å²) in [6.45, 7) is 3.75. The minimum atomic E-state index is -0.444. The first-order valence-electron chi connectivity index (χ1n) is 4.54. The maximum absolute atomic E-state index is 11.6. The summed E-state index contributed by atoms with van der Waals surface area (Å²) in [6, 6.07) is 5.02. The normalized spacial score (nSPS) is 13.2. The number of nitriles is 1. The van der Waals surface area contributed by atoms with E-state index in [0.717, 1.165) is 11.1 Å². The molecule has 0 atom stereocenters. The molecule has 0 spiro atoms. The minimum Gasteiger partial charge on any atom is -0.318 e. The second-order valence-electron chi connectivity index (χ2n) is 3.63. The summed E-state index contributed by atoms with van der Waals surface area (Å²) >= 11 is 0. The van der Waals surface area contributed by atoms with Gasteiger partial charge in [0.1, 0.15) is 0 Å². The first-order valence-corrected chi connectivity index (χ1v) is 4.54. The summed E-state index contributed by atoms with van der Waals surface area (Å²) in [5, 5.41) is 8.69. The molecule has 0 heterocycles. The number of ketones is 2. The predicted molar refractivity (Wildman–Crippen MR) is 53.4 cm³/mol. The van der Waals surface area contributed by atoms with Gasteiger partial charge in [-0.2, -0.15) is 0 Å². The second-order valence-corrected chi connectivity index (χ2v) is 3.63. The van der Waals surface area contributed by atoms with Crippen LogP contribution in [0.15, 0.2) is 12.1 Å². The quantitative estimate of drug-likeness (QED) is 0.408. The van der Waals surface area contributed by atoms with E-state index < -0.39 is 11.6 Å². The molecule has 0 N–H and O–H groups in total. The van der Waals surface area contributed by atoms with E-state index in [-0.39, 0.29) is 35.5 Å². The number of fused-ring (bicyclic) bond motifs is 1. The van der Waals surface area contributed by atoms with E-state index in [1.807, 2.05) is 13.8 Å². The third-order valence-corrected chi connectivity index (χ3v) is 2.69. The Hall–Kier alpha value is -1.08. The van der Waals surface area contributed by atoms with E-state index in [4.69, 9.17) is 5.26 Å². The van der Waals surface area contributed by atoms with Gasteiger partial charge >= 0.3 is 29.6 Å². The zero-order valence-electron chi connectivity index (χ0n) is 9.42. The van der Waals surface area contributed by atoms with Crippen molar-refractivity contribution < 1.29 is 39.1 Å². The van der Waals surface area contributed by atoms with Gasteiger partial charge in [-0.3, -0.25) is 0 Å². The number of Topliss-reactive ketones (excluding diaryl/α,β-unsaturated/α-hetero) is 2. The van der Waals surface area contributed by atoms with Gasteiger partial charge in [-0.05, 0) is 13.8 Å². The molecule has 0 radical (unpaired) electrons. The fourth-order valence-electron chi connectivity index (χ4n) is 1.67. The summed E-state index contributed by atoms with van der Waals surface area (Å²) in [4.78, 5) is 23.2. The van der Waals surface area contributed by atoms with Crippen molar-refractivity contribution in [3.63, 3.8) is 0 Å². The fourth-order valence-corrected chi connectivity index (χ4v) is 1.67. The van der Waals surface area contributed by atoms with Crippen LogP contribution in [0.5, 0.6) is 0 Å². The van der Waals surface area contributed by atoms with E-state index in [1.165, 1.54) is 0 Å². The molecule has 0 saturated carbocycles. The molecule has 0 aromatic heterocycles. The molecule has 1 aliphatic carbocycles. The average Bonchev–Trinajstić information content (AvgIpc) is 2.42. The molecule has 74 valence electrons. The monoisotopic (exact) mass is 221 g/mol. The Morgan fingerprint density at radius 3 is 1.75 bits per heavy atom. The molecule has 0 amide bonds. The van der Waals surface area contributed by atoms with Crippen LogP contribution >= 0.6 is 0 Å². The third kappa shape index (κ3) is 1.69. The van der Waals surface area contributed by atoms with Crippen molar-refractivity contribution in [3.8, 4) is 6.07 Å². The molecule has 16 heavy (non-hydrogen) atoms. The molecular weight excluding hydrogens is 213 g/mol. The van der Waals surface area contributed by atoms with Gasteiger partial charge in [0.15, 0.2) is 0 Å². The summed E-state index contributed by atoms with van der Waals surface area (Å²) in [7, 11) is 0. The van der Waals surface area contributed by atoms with Crippen LogP contribution in [-0.2, 0) is 0 Å². The summed E-state index contributed by atoms with van der Waals surface area (Å²) in [5.74, 6) is -1.16. The van der Waals surface area contributed by atoms with Gasteiger partial charge in [0.05, 0.1) is 11.6 Å². The van der Waals surface area contributed by atoms with E-state index in [2.05, 4.69) is 0 Å². The molecule has 0 bridgehead atoms. The number of hydrogen-bond donors (Lipinski definition) is 0. The van der Waals surface area contributed by atoms with Crippen molar-refractivity contribution in [3.05, 3.63) is 40.3 Å². The maximum Gasteiger partial charge on any atom is 1.00 e. The standard InChI is InChI=1S/C12H8NO2.Na/c1-6-3-8-9(4-7(6)2)12(15)10(5-13)11(8)14;/h3-4H,1-2H3;/q-1;+1. The molecule has 1 aromatic rings. The van der Waals surface area contributed by atoms with E-state index >= 15 is 0 Å². The van der Waals surface area contributed by atoms with Gasteiger partial charge in [0, 0.05) is 12.0 Å². The van der Waals surface area contributed by atoms with Gasteiger partial charge in [-0.1, -0.05) is 11.1 Å². The maximum atomic E-state index is 11.6. The van der Waals surface area contributed by atoms with Crippen molar-refractivity contribution in [1.29, 1.82) is 5.26 Å². The number of hydrogen-bond acceptors (Lipinski definition) is 3. The Bertz CT molecular complexity index is 488. The molecule has 0 fully saturated rings. The summed E-state index contributed by atoms with van der Waals surface area (Å²) < 4.78 is 0. The van der Waals surface area contributed by atoms with Crippen LogP contribution in [0, 0.1) is 31.1 Å². The number of benzene rings is 1. The average molecular weight is 221 g/mol. The number of aryl methyl sites for hydroxylation is 2. The number of carbonyl (C=O) groups is 2. The molecule has 1 aliphatic rings. The van der Waals surface area contributed by atoms with E-state index in [1.54, 1.807) is 18.2 Å². The van der Waals surface area contributed by atoms with E-state index in [9.17, 15) is 9.59 Å². The zero-order chi connectivity index (χ0) is 11.2. The molecule has 0 aliphatic heterocycles. The Balaban J connectivity index is 0.00000128. The van der Waals surface area contributed by atoms with Gasteiger partial charge in [0.25, 0.3) is 0 Å². The fraction of sp³-hybridized carbons (Fsp3) is 0.167. The van der Waals surface area contributed by atoms with Gasteiger partial charge in [-0.15, -0.1) is 23.3 Å². The number of rotatable bonds is 0. The van der Waals surface area contributed by atoms with Crippen LogP contribution in [0.25, 0.3) is 0 Å². The van der Waals surface area contributed by atoms with Crippen LogP contribution in [0.4, 0.5) is 0 Å². The first-order chi connectivity index (χ1) is 7.06. The number of nitrogens with zero attached hydrogens (tertiary/aromatic N) is 1. The predicted octanol–water partition coefficient (Wildman–Crippen LogP) is -1.22. The Morgan fingerprint density at radius 1 is 1.06 bits per heavy atom. The van der Waals surface area contributed by atoms with E-state index in [0.29, 0.717) is 11.1 Å².